The van der Waals surface area contributed by atoms with Crippen LogP contribution >= 0.6 is 23.3 Å². The molecular formula is C19H18ClN5O2S. The second kappa shape index (κ2) is 7.83. The van der Waals surface area contributed by atoms with E-state index in [1.807, 2.05) is 30.3 Å². The molecule has 0 saturated carbocycles. The first-order valence-electron chi connectivity index (χ1n) is 8.82. The van der Waals surface area contributed by atoms with Crippen LogP contribution in [-0.4, -0.2) is 51.6 Å². The number of carbonyl (C=O) groups excluding carboxylic acids is 2. The minimum absolute atomic E-state index is 0.0470. The third-order valence-corrected chi connectivity index (χ3v) is 5.67. The van der Waals surface area contributed by atoms with Crippen LogP contribution in [0.3, 0.4) is 0 Å². The van der Waals surface area contributed by atoms with Crippen molar-refractivity contribution in [2.24, 2.45) is 0 Å². The van der Waals surface area contributed by atoms with Gasteiger partial charge in [0.2, 0.25) is 11.8 Å². The van der Waals surface area contributed by atoms with E-state index in [1.165, 1.54) is 0 Å². The van der Waals surface area contributed by atoms with Crippen LogP contribution in [0.15, 0.2) is 42.5 Å². The number of hydrogen-bond acceptors (Lipinski definition) is 6. The number of likely N-dealkylation sites (N-methyl/N-ethyl adjacent to an activating group) is 1. The third-order valence-electron chi connectivity index (χ3n) is 4.81. The van der Waals surface area contributed by atoms with Gasteiger partial charge in [-0.05, 0) is 37.7 Å². The average molecular weight is 416 g/mol. The van der Waals surface area contributed by atoms with Crippen molar-refractivity contribution in [1.82, 2.24) is 13.6 Å². The zero-order chi connectivity index (χ0) is 19.7. The minimum atomic E-state index is -0.362. The Labute approximate surface area is 171 Å². The first-order chi connectivity index (χ1) is 13.5. The molecule has 0 spiro atoms. The van der Waals surface area contributed by atoms with Gasteiger partial charge in [-0.2, -0.15) is 8.75 Å². The highest BCUT2D eigenvalue weighted by molar-refractivity contribution is 7.00. The lowest BCUT2D eigenvalue weighted by Gasteiger charge is -2.23. The summed E-state index contributed by atoms with van der Waals surface area (Å²) in [6, 6.07) is 12.4. The van der Waals surface area contributed by atoms with Crippen molar-refractivity contribution < 1.29 is 9.59 Å². The van der Waals surface area contributed by atoms with Crippen molar-refractivity contribution in [1.29, 1.82) is 0 Å². The third kappa shape index (κ3) is 3.58. The summed E-state index contributed by atoms with van der Waals surface area (Å²) in [6.45, 7) is 0.670. The molecule has 1 N–H and O–H groups in total. The van der Waals surface area contributed by atoms with E-state index in [0.29, 0.717) is 34.9 Å². The molecule has 7 nitrogen and oxygen atoms in total. The highest BCUT2D eigenvalue weighted by atomic mass is 35.5. The Bertz CT molecular complexity index is 1040. The largest absolute Gasteiger partial charge is 0.323 e. The Morgan fingerprint density at radius 3 is 2.93 bits per heavy atom. The first-order valence-corrected chi connectivity index (χ1v) is 9.92. The molecule has 1 atom stereocenters. The van der Waals surface area contributed by atoms with Crippen LogP contribution < -0.4 is 10.2 Å². The fraction of sp³-hybridized carbons (Fsp3) is 0.263. The number of amides is 2. The van der Waals surface area contributed by atoms with Crippen LogP contribution in [0, 0.1) is 0 Å². The lowest BCUT2D eigenvalue weighted by Crippen LogP contribution is -2.43. The molecule has 0 bridgehead atoms. The number of nitrogens with zero attached hydrogens (tertiary/aromatic N) is 4. The lowest BCUT2D eigenvalue weighted by molar-refractivity contribution is -0.123. The molecule has 2 amide bonds. The van der Waals surface area contributed by atoms with Gasteiger partial charge in [-0.15, -0.1) is 0 Å². The van der Waals surface area contributed by atoms with Crippen molar-refractivity contribution in [2.45, 2.75) is 12.5 Å². The zero-order valence-corrected chi connectivity index (χ0v) is 16.7. The summed E-state index contributed by atoms with van der Waals surface area (Å²) >= 11 is 7.33. The quantitative estimate of drug-likeness (QED) is 0.693. The van der Waals surface area contributed by atoms with Crippen LogP contribution in [-0.2, 0) is 9.59 Å². The van der Waals surface area contributed by atoms with E-state index in [1.54, 1.807) is 29.0 Å². The summed E-state index contributed by atoms with van der Waals surface area (Å²) < 4.78 is 8.39. The second-order valence-corrected chi connectivity index (χ2v) is 7.58. The molecule has 1 aliphatic heterocycles. The molecular weight excluding hydrogens is 398 g/mol. The van der Waals surface area contributed by atoms with E-state index in [4.69, 9.17) is 11.6 Å². The van der Waals surface area contributed by atoms with Gasteiger partial charge >= 0.3 is 0 Å². The Morgan fingerprint density at radius 2 is 2.11 bits per heavy atom. The smallest absolute Gasteiger partial charge is 0.244 e. The van der Waals surface area contributed by atoms with E-state index in [0.717, 1.165) is 17.2 Å². The molecule has 28 heavy (non-hydrogen) atoms. The van der Waals surface area contributed by atoms with Gasteiger partial charge in [0.1, 0.15) is 11.0 Å². The standard InChI is InChI=1S/C19H18ClN5O2S/c1-24(11-17(26)21-13-6-4-7-14-18(13)23-28-22-14)16-9-10-25(19(16)27)15-8-3-2-5-12(15)20/h2-8,16H,9-11H2,1H3,(H,21,26). The highest BCUT2D eigenvalue weighted by Gasteiger charge is 2.36. The van der Waals surface area contributed by atoms with Crippen molar-refractivity contribution in [3.05, 3.63) is 47.5 Å². The predicted octanol–water partition coefficient (Wildman–Crippen LogP) is 3.02. The molecule has 1 aromatic heterocycles. The molecule has 1 fully saturated rings. The zero-order valence-electron chi connectivity index (χ0n) is 15.1. The van der Waals surface area contributed by atoms with Crippen LogP contribution in [0.25, 0.3) is 11.0 Å². The Hall–Kier alpha value is -2.55. The summed E-state index contributed by atoms with van der Waals surface area (Å²) in [5.41, 5.74) is 2.75. The summed E-state index contributed by atoms with van der Waals surface area (Å²) in [5.74, 6) is -0.249. The number of nitrogens with one attached hydrogen (secondary N) is 1. The number of fused-ring (bicyclic) bond motifs is 1. The van der Waals surface area contributed by atoms with Gasteiger partial charge < -0.3 is 10.2 Å². The molecule has 144 valence electrons. The lowest BCUT2D eigenvalue weighted by atomic mass is 10.2. The normalized spacial score (nSPS) is 16.9. The van der Waals surface area contributed by atoms with E-state index in [-0.39, 0.29) is 24.4 Å². The summed E-state index contributed by atoms with van der Waals surface area (Å²) in [6.07, 6.45) is 0.638. The van der Waals surface area contributed by atoms with E-state index in [2.05, 4.69) is 14.1 Å². The fourth-order valence-corrected chi connectivity index (χ4v) is 4.20. The van der Waals surface area contributed by atoms with Crippen molar-refractivity contribution >= 4 is 57.6 Å². The molecule has 2 aromatic carbocycles. The molecule has 1 aliphatic rings. The molecule has 0 radical (unpaired) electrons. The number of anilines is 2. The molecule has 1 saturated heterocycles. The van der Waals surface area contributed by atoms with Gasteiger partial charge in [0.05, 0.1) is 40.7 Å². The van der Waals surface area contributed by atoms with Gasteiger partial charge in [-0.1, -0.05) is 29.8 Å². The van der Waals surface area contributed by atoms with E-state index in [9.17, 15) is 9.59 Å². The number of halogens is 1. The highest BCUT2D eigenvalue weighted by Crippen LogP contribution is 2.30. The van der Waals surface area contributed by atoms with Crippen molar-refractivity contribution in [3.63, 3.8) is 0 Å². The Kier molecular flexibility index (Phi) is 5.25. The second-order valence-electron chi connectivity index (χ2n) is 6.65. The van der Waals surface area contributed by atoms with Crippen LogP contribution in [0.4, 0.5) is 11.4 Å². The summed E-state index contributed by atoms with van der Waals surface area (Å²) in [5, 5.41) is 3.41. The average Bonchev–Trinajstić information content (AvgIpc) is 3.29. The minimum Gasteiger partial charge on any atom is -0.323 e. The number of benzene rings is 2. The molecule has 9 heteroatoms. The van der Waals surface area contributed by atoms with Crippen LogP contribution in [0.5, 0.6) is 0 Å². The van der Waals surface area contributed by atoms with Gasteiger partial charge in [0, 0.05) is 6.54 Å². The first kappa shape index (κ1) is 18.8. The molecule has 1 unspecified atom stereocenters. The van der Waals surface area contributed by atoms with Crippen molar-refractivity contribution in [2.75, 3.05) is 30.4 Å². The summed E-state index contributed by atoms with van der Waals surface area (Å²) in [7, 11) is 1.78. The van der Waals surface area contributed by atoms with E-state index < -0.39 is 0 Å². The van der Waals surface area contributed by atoms with Gasteiger partial charge in [0.25, 0.3) is 0 Å². The maximum absolute atomic E-state index is 12.9. The number of hydrogen-bond donors (Lipinski definition) is 1. The molecule has 4 rings (SSSR count). The number of rotatable bonds is 5. The maximum Gasteiger partial charge on any atom is 0.244 e. The fourth-order valence-electron chi connectivity index (χ4n) is 3.42. The van der Waals surface area contributed by atoms with Gasteiger partial charge in [-0.3, -0.25) is 14.5 Å². The summed E-state index contributed by atoms with van der Waals surface area (Å²) in [4.78, 5) is 28.8. The topological polar surface area (TPSA) is 78.4 Å². The maximum atomic E-state index is 12.9. The SMILES string of the molecule is CN(CC(=O)Nc1cccc2nsnc12)C1CCN(c2ccccc2Cl)C1=O. The molecule has 3 aromatic rings. The van der Waals surface area contributed by atoms with E-state index >= 15 is 0 Å². The monoisotopic (exact) mass is 415 g/mol. The predicted molar refractivity (Wildman–Crippen MR) is 111 cm³/mol. The van der Waals surface area contributed by atoms with Gasteiger partial charge in [0.15, 0.2) is 0 Å². The molecule has 2 heterocycles. The van der Waals surface area contributed by atoms with Crippen LogP contribution in [0.2, 0.25) is 5.02 Å². The van der Waals surface area contributed by atoms with Crippen molar-refractivity contribution in [3.8, 4) is 0 Å². The number of aromatic nitrogens is 2. The Morgan fingerprint density at radius 1 is 1.29 bits per heavy atom. The number of carbonyl (C=O) groups is 2. The number of para-hydroxylation sites is 1. The Balaban J connectivity index is 1.42. The molecule has 0 aliphatic carbocycles. The van der Waals surface area contributed by atoms with Crippen LogP contribution in [0.1, 0.15) is 6.42 Å². The van der Waals surface area contributed by atoms with Gasteiger partial charge in [-0.25, -0.2) is 0 Å².